The maximum Gasteiger partial charge on any atom is 0.220 e. The number of piperidine rings is 1. The molecule has 4 rings (SSSR count). The van der Waals surface area contributed by atoms with Crippen LogP contribution in [0.1, 0.15) is 43.3 Å². The summed E-state index contributed by atoms with van der Waals surface area (Å²) in [5.74, 6) is 1.82. The number of carbonyl (C=O) groups is 1. The Balaban J connectivity index is 1.32. The molecule has 6 heteroatoms. The lowest BCUT2D eigenvalue weighted by Crippen LogP contribution is -2.40. The highest BCUT2D eigenvalue weighted by Gasteiger charge is 2.24. The summed E-state index contributed by atoms with van der Waals surface area (Å²) in [4.78, 5) is 22.6. The Morgan fingerprint density at radius 1 is 1.19 bits per heavy atom. The third kappa shape index (κ3) is 4.39. The molecule has 1 amide bonds. The second-order valence-corrected chi connectivity index (χ2v) is 7.13. The molecule has 0 aliphatic carbocycles. The Bertz CT molecular complexity index is 832. The molecule has 3 aromatic rings. The molecule has 2 aromatic heterocycles. The minimum atomic E-state index is 0.0454. The minimum Gasteiger partial charge on any atom is -0.468 e. The predicted octanol–water partition coefficient (Wildman–Crippen LogP) is 3.43. The van der Waals surface area contributed by atoms with Crippen molar-refractivity contribution in [3.05, 3.63) is 54.2 Å². The van der Waals surface area contributed by atoms with E-state index in [4.69, 9.17) is 4.42 Å². The number of para-hydroxylation sites is 2. The van der Waals surface area contributed by atoms with Crippen LogP contribution in [0.5, 0.6) is 0 Å². The van der Waals surface area contributed by atoms with Gasteiger partial charge in [-0.15, -0.1) is 0 Å². The number of aromatic nitrogens is 2. The molecule has 1 saturated heterocycles. The lowest BCUT2D eigenvalue weighted by molar-refractivity contribution is -0.121. The summed E-state index contributed by atoms with van der Waals surface area (Å²) in [7, 11) is 0. The minimum absolute atomic E-state index is 0.0454. The fourth-order valence-corrected chi connectivity index (χ4v) is 3.78. The first-order valence-electron chi connectivity index (χ1n) is 9.77. The molecule has 0 saturated carbocycles. The summed E-state index contributed by atoms with van der Waals surface area (Å²) in [6, 6.07) is 11.9. The number of carbonyl (C=O) groups excluding carboxylic acids is 1. The van der Waals surface area contributed by atoms with Gasteiger partial charge in [0.15, 0.2) is 0 Å². The fraction of sp³-hybridized carbons (Fsp3) is 0.429. The summed E-state index contributed by atoms with van der Waals surface area (Å²) in [6.45, 7) is 2.69. The van der Waals surface area contributed by atoms with E-state index in [9.17, 15) is 4.79 Å². The van der Waals surface area contributed by atoms with Crippen molar-refractivity contribution >= 4 is 16.9 Å². The number of benzene rings is 1. The number of amides is 1. The highest BCUT2D eigenvalue weighted by molar-refractivity contribution is 5.77. The second-order valence-electron chi connectivity index (χ2n) is 7.13. The molecule has 1 atom stereocenters. The van der Waals surface area contributed by atoms with Crippen LogP contribution in [0.15, 0.2) is 47.1 Å². The van der Waals surface area contributed by atoms with Gasteiger partial charge in [0.2, 0.25) is 5.91 Å². The zero-order valence-corrected chi connectivity index (χ0v) is 15.5. The fourth-order valence-electron chi connectivity index (χ4n) is 3.78. The van der Waals surface area contributed by atoms with Crippen molar-refractivity contribution in [2.45, 2.75) is 38.1 Å². The van der Waals surface area contributed by atoms with Crippen LogP contribution in [0.25, 0.3) is 11.0 Å². The van der Waals surface area contributed by atoms with E-state index in [1.807, 2.05) is 36.4 Å². The number of furan rings is 1. The van der Waals surface area contributed by atoms with Gasteiger partial charge in [0.25, 0.3) is 0 Å². The summed E-state index contributed by atoms with van der Waals surface area (Å²) < 4.78 is 5.64. The van der Waals surface area contributed by atoms with Gasteiger partial charge in [-0.1, -0.05) is 18.6 Å². The molecule has 1 aliphatic heterocycles. The van der Waals surface area contributed by atoms with Crippen molar-refractivity contribution in [3.8, 4) is 0 Å². The van der Waals surface area contributed by atoms with Crippen LogP contribution >= 0.6 is 0 Å². The van der Waals surface area contributed by atoms with E-state index in [1.165, 1.54) is 19.3 Å². The number of nitrogens with zero attached hydrogens (tertiary/aromatic N) is 2. The summed E-state index contributed by atoms with van der Waals surface area (Å²) in [6.07, 6.45) is 6.43. The molecule has 1 unspecified atom stereocenters. The van der Waals surface area contributed by atoms with Crippen molar-refractivity contribution in [3.63, 3.8) is 0 Å². The first-order chi connectivity index (χ1) is 13.3. The molecular formula is C21H26N4O2. The standard InChI is InChI=1S/C21H26N4O2/c26-21(11-10-20-23-16-7-2-3-8-17(16)24-20)22-15-18(19-9-6-14-27-19)25-12-4-1-5-13-25/h2-3,6-9,14,18H,1,4-5,10-13,15H2,(H,22,26)(H,23,24). The van der Waals surface area contributed by atoms with Crippen LogP contribution in [0.2, 0.25) is 0 Å². The van der Waals surface area contributed by atoms with Gasteiger partial charge in [0, 0.05) is 19.4 Å². The Labute approximate surface area is 159 Å². The SMILES string of the molecule is O=C(CCc1nc2ccccc2[nH]1)NCC(c1ccco1)N1CCCCC1. The molecule has 2 N–H and O–H groups in total. The third-order valence-electron chi connectivity index (χ3n) is 5.22. The van der Waals surface area contributed by atoms with Crippen molar-refractivity contribution in [1.82, 2.24) is 20.2 Å². The highest BCUT2D eigenvalue weighted by Crippen LogP contribution is 2.24. The average molecular weight is 366 g/mol. The van der Waals surface area contributed by atoms with E-state index in [1.54, 1.807) is 6.26 Å². The second kappa shape index (κ2) is 8.39. The van der Waals surface area contributed by atoms with Crippen LogP contribution in [0.3, 0.4) is 0 Å². The maximum atomic E-state index is 12.4. The predicted molar refractivity (Wildman–Crippen MR) is 104 cm³/mol. The number of hydrogen-bond acceptors (Lipinski definition) is 4. The van der Waals surface area contributed by atoms with Crippen LogP contribution in [-0.4, -0.2) is 40.4 Å². The zero-order chi connectivity index (χ0) is 18.5. The van der Waals surface area contributed by atoms with Crippen molar-refractivity contribution < 1.29 is 9.21 Å². The van der Waals surface area contributed by atoms with E-state index in [-0.39, 0.29) is 11.9 Å². The van der Waals surface area contributed by atoms with Gasteiger partial charge >= 0.3 is 0 Å². The molecule has 142 valence electrons. The Morgan fingerprint density at radius 3 is 2.81 bits per heavy atom. The van der Waals surface area contributed by atoms with Gasteiger partial charge in [-0.25, -0.2) is 4.98 Å². The van der Waals surface area contributed by atoms with Gasteiger partial charge in [0.05, 0.1) is 23.3 Å². The highest BCUT2D eigenvalue weighted by atomic mass is 16.3. The van der Waals surface area contributed by atoms with E-state index >= 15 is 0 Å². The van der Waals surface area contributed by atoms with Gasteiger partial charge < -0.3 is 14.7 Å². The molecule has 1 fully saturated rings. The molecule has 0 spiro atoms. The maximum absolute atomic E-state index is 12.4. The van der Waals surface area contributed by atoms with Gasteiger partial charge in [-0.2, -0.15) is 0 Å². The third-order valence-corrected chi connectivity index (χ3v) is 5.22. The monoisotopic (exact) mass is 366 g/mol. The number of imidazole rings is 1. The lowest BCUT2D eigenvalue weighted by atomic mass is 10.1. The van der Waals surface area contributed by atoms with E-state index in [2.05, 4.69) is 20.2 Å². The molecule has 6 nitrogen and oxygen atoms in total. The molecular weight excluding hydrogens is 340 g/mol. The van der Waals surface area contributed by atoms with Crippen LogP contribution in [0, 0.1) is 0 Å². The smallest absolute Gasteiger partial charge is 0.220 e. The van der Waals surface area contributed by atoms with Crippen molar-refractivity contribution in [2.75, 3.05) is 19.6 Å². The largest absolute Gasteiger partial charge is 0.468 e. The molecule has 27 heavy (non-hydrogen) atoms. The summed E-state index contributed by atoms with van der Waals surface area (Å²) in [5.41, 5.74) is 1.95. The van der Waals surface area contributed by atoms with E-state index in [0.717, 1.165) is 35.7 Å². The lowest BCUT2D eigenvalue weighted by Gasteiger charge is -2.33. The molecule has 0 radical (unpaired) electrons. The molecule has 3 heterocycles. The number of nitrogens with one attached hydrogen (secondary N) is 2. The zero-order valence-electron chi connectivity index (χ0n) is 15.5. The molecule has 1 aromatic carbocycles. The normalized spacial score (nSPS) is 16.4. The average Bonchev–Trinajstić information content (AvgIpc) is 3.37. The quantitative estimate of drug-likeness (QED) is 0.672. The van der Waals surface area contributed by atoms with E-state index < -0.39 is 0 Å². The van der Waals surface area contributed by atoms with Crippen molar-refractivity contribution in [2.24, 2.45) is 0 Å². The van der Waals surface area contributed by atoms with Gasteiger partial charge in [0.1, 0.15) is 11.6 Å². The number of likely N-dealkylation sites (tertiary alicyclic amines) is 1. The number of fused-ring (bicyclic) bond motifs is 1. The van der Waals surface area contributed by atoms with Crippen LogP contribution in [-0.2, 0) is 11.2 Å². The van der Waals surface area contributed by atoms with Gasteiger partial charge in [-0.05, 0) is 50.2 Å². The number of hydrogen-bond donors (Lipinski definition) is 2. The molecule has 0 bridgehead atoms. The topological polar surface area (TPSA) is 74.2 Å². The first kappa shape index (κ1) is 17.8. The summed E-state index contributed by atoms with van der Waals surface area (Å²) in [5, 5.41) is 3.09. The number of rotatable bonds is 7. The van der Waals surface area contributed by atoms with Crippen LogP contribution < -0.4 is 5.32 Å². The Morgan fingerprint density at radius 2 is 2.04 bits per heavy atom. The summed E-state index contributed by atoms with van der Waals surface area (Å²) >= 11 is 0. The number of H-pyrrole nitrogens is 1. The number of aryl methyl sites for hydroxylation is 1. The Hall–Kier alpha value is -2.60. The van der Waals surface area contributed by atoms with Crippen LogP contribution in [0.4, 0.5) is 0 Å². The first-order valence-corrected chi connectivity index (χ1v) is 9.77. The van der Waals surface area contributed by atoms with E-state index in [0.29, 0.717) is 19.4 Å². The Kier molecular flexibility index (Phi) is 5.53. The van der Waals surface area contributed by atoms with Gasteiger partial charge in [-0.3, -0.25) is 9.69 Å². The van der Waals surface area contributed by atoms with Crippen molar-refractivity contribution in [1.29, 1.82) is 0 Å². The number of aromatic amines is 1. The molecule has 1 aliphatic rings.